The maximum absolute atomic E-state index is 12.7. The Balaban J connectivity index is 1.34. The van der Waals surface area contributed by atoms with Crippen LogP contribution in [0.25, 0.3) is 5.65 Å². The molecule has 4 heterocycles. The van der Waals surface area contributed by atoms with Gasteiger partial charge in [0.2, 0.25) is 5.91 Å². The number of imidazole rings is 1. The summed E-state index contributed by atoms with van der Waals surface area (Å²) in [6, 6.07) is 6.65. The van der Waals surface area contributed by atoms with Crippen LogP contribution in [0.5, 0.6) is 0 Å². The van der Waals surface area contributed by atoms with Gasteiger partial charge in [-0.1, -0.05) is 6.07 Å². The third-order valence-electron chi connectivity index (χ3n) is 5.20. The van der Waals surface area contributed by atoms with Crippen LogP contribution in [0.2, 0.25) is 0 Å². The fraction of sp³-hybridized carbons (Fsp3) is 0.556. The summed E-state index contributed by atoms with van der Waals surface area (Å²) in [5.74, 6) is 2.80. The van der Waals surface area contributed by atoms with Crippen molar-refractivity contribution in [3.05, 3.63) is 36.3 Å². The first-order valence-corrected chi connectivity index (χ1v) is 9.97. The molecule has 0 aliphatic carbocycles. The molecular formula is C18H24N4OS. The second kappa shape index (κ2) is 7.15. The van der Waals surface area contributed by atoms with E-state index >= 15 is 0 Å². The van der Waals surface area contributed by atoms with E-state index in [1.54, 1.807) is 0 Å². The van der Waals surface area contributed by atoms with E-state index in [9.17, 15) is 4.79 Å². The van der Waals surface area contributed by atoms with Gasteiger partial charge in [-0.25, -0.2) is 4.98 Å². The van der Waals surface area contributed by atoms with Crippen molar-refractivity contribution >= 4 is 23.3 Å². The van der Waals surface area contributed by atoms with Crippen molar-refractivity contribution in [2.45, 2.75) is 25.3 Å². The topological polar surface area (TPSA) is 40.9 Å². The minimum atomic E-state index is 0.222. The first kappa shape index (κ1) is 16.0. The van der Waals surface area contributed by atoms with Crippen LogP contribution in [-0.2, 0) is 11.2 Å². The molecule has 2 fully saturated rings. The third-order valence-corrected chi connectivity index (χ3v) is 6.25. The quantitative estimate of drug-likeness (QED) is 0.853. The summed E-state index contributed by atoms with van der Waals surface area (Å²) in [5, 5.41) is 0. The van der Waals surface area contributed by atoms with Crippen molar-refractivity contribution < 1.29 is 4.79 Å². The molecule has 2 aliphatic rings. The largest absolute Gasteiger partial charge is 0.340 e. The number of nitrogens with zero attached hydrogens (tertiary/aromatic N) is 4. The van der Waals surface area contributed by atoms with Crippen molar-refractivity contribution in [1.82, 2.24) is 19.2 Å². The lowest BCUT2D eigenvalue weighted by Gasteiger charge is -2.40. The summed E-state index contributed by atoms with van der Waals surface area (Å²) >= 11 is 2.07. The lowest BCUT2D eigenvalue weighted by molar-refractivity contribution is -0.132. The van der Waals surface area contributed by atoms with E-state index < -0.39 is 0 Å². The van der Waals surface area contributed by atoms with E-state index in [4.69, 9.17) is 0 Å². The van der Waals surface area contributed by atoms with Gasteiger partial charge >= 0.3 is 0 Å². The third kappa shape index (κ3) is 3.30. The van der Waals surface area contributed by atoms with Crippen molar-refractivity contribution in [2.75, 3.05) is 37.7 Å². The highest BCUT2D eigenvalue weighted by Gasteiger charge is 2.27. The van der Waals surface area contributed by atoms with Gasteiger partial charge in [-0.3, -0.25) is 9.69 Å². The van der Waals surface area contributed by atoms with Crippen LogP contribution < -0.4 is 0 Å². The molecule has 2 aromatic heterocycles. The van der Waals surface area contributed by atoms with Crippen LogP contribution in [0, 0.1) is 0 Å². The molecule has 0 aromatic carbocycles. The number of rotatable bonds is 3. The van der Waals surface area contributed by atoms with Crippen LogP contribution in [0.4, 0.5) is 0 Å². The molecule has 0 N–H and O–H groups in total. The zero-order chi connectivity index (χ0) is 16.4. The SMILES string of the molecule is O=C(Cc1cnc2ccccn12)N1CCN(C2CCSCC2)CC1. The molecule has 0 spiro atoms. The molecule has 0 radical (unpaired) electrons. The fourth-order valence-electron chi connectivity index (χ4n) is 3.77. The minimum absolute atomic E-state index is 0.222. The fourth-order valence-corrected chi connectivity index (χ4v) is 4.85. The van der Waals surface area contributed by atoms with Gasteiger partial charge in [0.15, 0.2) is 0 Å². The number of fused-ring (bicyclic) bond motifs is 1. The average molecular weight is 344 g/mol. The van der Waals surface area contributed by atoms with E-state index in [1.807, 2.05) is 39.9 Å². The first-order valence-electron chi connectivity index (χ1n) is 8.82. The summed E-state index contributed by atoms with van der Waals surface area (Å²) in [6.45, 7) is 3.76. The zero-order valence-electron chi connectivity index (χ0n) is 13.9. The second-order valence-corrected chi connectivity index (χ2v) is 7.84. The van der Waals surface area contributed by atoms with E-state index in [1.165, 1.54) is 24.3 Å². The van der Waals surface area contributed by atoms with Crippen LogP contribution in [0.3, 0.4) is 0 Å². The number of carbonyl (C=O) groups excluding carboxylic acids is 1. The molecule has 2 saturated heterocycles. The number of carbonyl (C=O) groups is 1. The van der Waals surface area contributed by atoms with E-state index in [2.05, 4.69) is 21.6 Å². The van der Waals surface area contributed by atoms with Gasteiger partial charge in [0.05, 0.1) is 12.1 Å². The van der Waals surface area contributed by atoms with Crippen molar-refractivity contribution in [1.29, 1.82) is 0 Å². The number of hydrogen-bond acceptors (Lipinski definition) is 4. The molecule has 4 rings (SSSR count). The van der Waals surface area contributed by atoms with Crippen molar-refractivity contribution in [3.8, 4) is 0 Å². The van der Waals surface area contributed by atoms with Gasteiger partial charge in [-0.15, -0.1) is 0 Å². The Morgan fingerprint density at radius 3 is 2.75 bits per heavy atom. The number of thioether (sulfide) groups is 1. The van der Waals surface area contributed by atoms with E-state index in [0.29, 0.717) is 6.42 Å². The lowest BCUT2D eigenvalue weighted by Crippen LogP contribution is -2.53. The summed E-state index contributed by atoms with van der Waals surface area (Å²) in [5.41, 5.74) is 1.88. The van der Waals surface area contributed by atoms with Crippen LogP contribution >= 0.6 is 11.8 Å². The summed E-state index contributed by atoms with van der Waals surface area (Å²) in [4.78, 5) is 21.6. The molecule has 0 bridgehead atoms. The average Bonchev–Trinajstić information content (AvgIpc) is 3.06. The van der Waals surface area contributed by atoms with Gasteiger partial charge in [0.1, 0.15) is 5.65 Å². The molecule has 6 heteroatoms. The molecule has 2 aromatic rings. The number of piperazine rings is 1. The van der Waals surface area contributed by atoms with Gasteiger partial charge < -0.3 is 9.30 Å². The predicted octanol–water partition coefficient (Wildman–Crippen LogP) is 1.92. The van der Waals surface area contributed by atoms with E-state index in [0.717, 1.165) is 43.6 Å². The summed E-state index contributed by atoms with van der Waals surface area (Å²) in [6.07, 6.45) is 6.85. The molecule has 5 nitrogen and oxygen atoms in total. The Bertz CT molecular complexity index is 702. The van der Waals surface area contributed by atoms with Crippen LogP contribution in [0.15, 0.2) is 30.6 Å². The Labute approximate surface area is 147 Å². The maximum Gasteiger partial charge on any atom is 0.228 e. The highest BCUT2D eigenvalue weighted by molar-refractivity contribution is 7.99. The van der Waals surface area contributed by atoms with Gasteiger partial charge in [0, 0.05) is 44.6 Å². The number of hydrogen-bond donors (Lipinski definition) is 0. The maximum atomic E-state index is 12.7. The Morgan fingerprint density at radius 1 is 1.17 bits per heavy atom. The molecule has 0 atom stereocenters. The lowest BCUT2D eigenvalue weighted by atomic mass is 10.1. The van der Waals surface area contributed by atoms with Gasteiger partial charge in [-0.2, -0.15) is 11.8 Å². The van der Waals surface area contributed by atoms with E-state index in [-0.39, 0.29) is 5.91 Å². The minimum Gasteiger partial charge on any atom is -0.340 e. The zero-order valence-corrected chi connectivity index (χ0v) is 14.7. The van der Waals surface area contributed by atoms with Crippen molar-refractivity contribution in [2.24, 2.45) is 0 Å². The molecule has 1 amide bonds. The van der Waals surface area contributed by atoms with Crippen LogP contribution in [0.1, 0.15) is 18.5 Å². The van der Waals surface area contributed by atoms with Crippen LogP contribution in [-0.4, -0.2) is 68.8 Å². The monoisotopic (exact) mass is 344 g/mol. The smallest absolute Gasteiger partial charge is 0.228 e. The Kier molecular flexibility index (Phi) is 4.76. The summed E-state index contributed by atoms with van der Waals surface area (Å²) in [7, 11) is 0. The Morgan fingerprint density at radius 2 is 1.96 bits per heavy atom. The molecule has 2 aliphatic heterocycles. The molecule has 0 unspecified atom stereocenters. The molecule has 0 saturated carbocycles. The second-order valence-electron chi connectivity index (χ2n) is 6.62. The standard InChI is InChI=1S/C18H24N4OS/c23-18(13-16-14-19-17-3-1-2-6-22(16)17)21-9-7-20(8-10-21)15-4-11-24-12-5-15/h1-3,6,14-15H,4-5,7-13H2. The first-order chi connectivity index (χ1) is 11.8. The molecule has 128 valence electrons. The molecule has 24 heavy (non-hydrogen) atoms. The Hall–Kier alpha value is -1.53. The number of aromatic nitrogens is 2. The molecular weight excluding hydrogens is 320 g/mol. The van der Waals surface area contributed by atoms with Crippen molar-refractivity contribution in [3.63, 3.8) is 0 Å². The predicted molar refractivity (Wildman–Crippen MR) is 97.4 cm³/mol. The highest BCUT2D eigenvalue weighted by atomic mass is 32.2. The van der Waals surface area contributed by atoms with Gasteiger partial charge in [0.25, 0.3) is 0 Å². The summed E-state index contributed by atoms with van der Waals surface area (Å²) < 4.78 is 2.01. The number of amides is 1. The van der Waals surface area contributed by atoms with Gasteiger partial charge in [-0.05, 0) is 36.5 Å². The number of pyridine rings is 1. The normalized spacial score (nSPS) is 20.6. The highest BCUT2D eigenvalue weighted by Crippen LogP contribution is 2.22.